The summed E-state index contributed by atoms with van der Waals surface area (Å²) < 4.78 is 11.2. The molecule has 0 unspecified atom stereocenters. The van der Waals surface area contributed by atoms with Crippen LogP contribution in [0.4, 0.5) is 5.69 Å². The molecule has 0 radical (unpaired) electrons. The molecule has 1 aliphatic heterocycles. The molecule has 1 saturated heterocycles. The summed E-state index contributed by atoms with van der Waals surface area (Å²) in [5, 5.41) is 8.12. The van der Waals surface area contributed by atoms with Crippen LogP contribution in [-0.4, -0.2) is 49.0 Å². The zero-order valence-corrected chi connectivity index (χ0v) is 14.2. The first-order chi connectivity index (χ1) is 11.0. The van der Waals surface area contributed by atoms with Crippen molar-refractivity contribution in [2.75, 3.05) is 38.8 Å². The molecular weight excluding hydrogens is 292 g/mol. The molecule has 1 aromatic heterocycles. The molecule has 124 valence electrons. The molecule has 1 aliphatic rings. The molecule has 6 heteroatoms. The molecule has 2 heterocycles. The van der Waals surface area contributed by atoms with Crippen LogP contribution in [0.3, 0.4) is 0 Å². The lowest BCUT2D eigenvalue weighted by molar-refractivity contribution is -0.0225. The molecule has 1 atom stereocenters. The minimum Gasteiger partial charge on any atom is -0.424 e. The molecule has 23 heavy (non-hydrogen) atoms. The van der Waals surface area contributed by atoms with Crippen molar-refractivity contribution in [1.29, 1.82) is 0 Å². The summed E-state index contributed by atoms with van der Waals surface area (Å²) in [5.41, 5.74) is 3.82. The number of nitrogens with zero attached hydrogens (tertiary/aromatic N) is 4. The van der Waals surface area contributed by atoms with E-state index in [1.165, 1.54) is 16.8 Å². The van der Waals surface area contributed by atoms with Gasteiger partial charge in [-0.1, -0.05) is 12.1 Å². The quantitative estimate of drug-likeness (QED) is 0.863. The Labute approximate surface area is 137 Å². The highest BCUT2D eigenvalue weighted by Crippen LogP contribution is 2.26. The summed E-state index contributed by atoms with van der Waals surface area (Å²) in [4.78, 5) is 4.48. The summed E-state index contributed by atoms with van der Waals surface area (Å²) in [7, 11) is 4.13. The molecule has 1 fully saturated rings. The SMILES string of the molecule is Cc1nnc([C@H]2COCCN2Cc2ccc(N(C)C)c(C)c2)o1. The Bertz CT molecular complexity index is 668. The molecule has 6 nitrogen and oxygen atoms in total. The highest BCUT2D eigenvalue weighted by molar-refractivity contribution is 5.53. The van der Waals surface area contributed by atoms with E-state index in [1.54, 1.807) is 0 Å². The molecule has 0 aliphatic carbocycles. The third kappa shape index (κ3) is 3.54. The van der Waals surface area contributed by atoms with Gasteiger partial charge in [-0.15, -0.1) is 10.2 Å². The smallest absolute Gasteiger partial charge is 0.235 e. The van der Waals surface area contributed by atoms with E-state index in [0.29, 0.717) is 18.4 Å². The summed E-state index contributed by atoms with van der Waals surface area (Å²) in [6.45, 7) is 7.00. The maximum atomic E-state index is 5.61. The summed E-state index contributed by atoms with van der Waals surface area (Å²) in [6.07, 6.45) is 0. The van der Waals surface area contributed by atoms with Crippen LogP contribution in [0.15, 0.2) is 22.6 Å². The van der Waals surface area contributed by atoms with E-state index in [2.05, 4.69) is 59.2 Å². The minimum atomic E-state index is 0.0266. The van der Waals surface area contributed by atoms with E-state index in [1.807, 2.05) is 6.92 Å². The first kappa shape index (κ1) is 16.0. The Morgan fingerprint density at radius 2 is 2.09 bits per heavy atom. The van der Waals surface area contributed by atoms with Crippen LogP contribution in [-0.2, 0) is 11.3 Å². The van der Waals surface area contributed by atoms with Crippen LogP contribution in [0.5, 0.6) is 0 Å². The second-order valence-electron chi connectivity index (χ2n) is 6.24. The predicted molar refractivity (Wildman–Crippen MR) is 88.5 cm³/mol. The van der Waals surface area contributed by atoms with Gasteiger partial charge in [0, 0.05) is 39.8 Å². The van der Waals surface area contributed by atoms with E-state index in [4.69, 9.17) is 9.15 Å². The molecule has 2 aromatic rings. The number of aryl methyl sites for hydroxylation is 2. The van der Waals surface area contributed by atoms with Crippen molar-refractivity contribution in [3.05, 3.63) is 41.1 Å². The van der Waals surface area contributed by atoms with Crippen LogP contribution in [0.2, 0.25) is 0 Å². The largest absolute Gasteiger partial charge is 0.424 e. The van der Waals surface area contributed by atoms with Gasteiger partial charge >= 0.3 is 0 Å². The van der Waals surface area contributed by atoms with Crippen molar-refractivity contribution in [3.8, 4) is 0 Å². The summed E-state index contributed by atoms with van der Waals surface area (Å²) in [5.74, 6) is 1.24. The van der Waals surface area contributed by atoms with Gasteiger partial charge in [0.25, 0.3) is 0 Å². The Morgan fingerprint density at radius 1 is 1.26 bits per heavy atom. The number of hydrogen-bond acceptors (Lipinski definition) is 6. The second kappa shape index (κ2) is 6.68. The van der Waals surface area contributed by atoms with E-state index in [9.17, 15) is 0 Å². The zero-order chi connectivity index (χ0) is 16.4. The van der Waals surface area contributed by atoms with E-state index < -0.39 is 0 Å². The van der Waals surface area contributed by atoms with Gasteiger partial charge in [-0.3, -0.25) is 4.90 Å². The molecule has 0 saturated carbocycles. The number of morpholine rings is 1. The van der Waals surface area contributed by atoms with Crippen molar-refractivity contribution in [2.45, 2.75) is 26.4 Å². The lowest BCUT2D eigenvalue weighted by Crippen LogP contribution is -2.39. The van der Waals surface area contributed by atoms with Crippen molar-refractivity contribution >= 4 is 5.69 Å². The van der Waals surface area contributed by atoms with Gasteiger partial charge in [-0.05, 0) is 24.1 Å². The van der Waals surface area contributed by atoms with Crippen molar-refractivity contribution in [3.63, 3.8) is 0 Å². The highest BCUT2D eigenvalue weighted by atomic mass is 16.5. The number of anilines is 1. The highest BCUT2D eigenvalue weighted by Gasteiger charge is 2.29. The molecular formula is C17H24N4O2. The first-order valence-electron chi connectivity index (χ1n) is 7.93. The second-order valence-corrected chi connectivity index (χ2v) is 6.24. The molecule has 1 aromatic carbocycles. The van der Waals surface area contributed by atoms with Crippen molar-refractivity contribution in [1.82, 2.24) is 15.1 Å². The average molecular weight is 316 g/mol. The van der Waals surface area contributed by atoms with Crippen LogP contribution >= 0.6 is 0 Å². The fourth-order valence-electron chi connectivity index (χ4n) is 3.05. The number of benzene rings is 1. The predicted octanol–water partition coefficient (Wildman–Crippen LogP) is 2.33. The zero-order valence-electron chi connectivity index (χ0n) is 14.2. The number of ether oxygens (including phenoxy) is 1. The van der Waals surface area contributed by atoms with Gasteiger partial charge in [0.2, 0.25) is 11.8 Å². The van der Waals surface area contributed by atoms with E-state index >= 15 is 0 Å². The topological polar surface area (TPSA) is 54.6 Å². The first-order valence-corrected chi connectivity index (χ1v) is 7.93. The molecule has 0 bridgehead atoms. The van der Waals surface area contributed by atoms with Gasteiger partial charge in [-0.25, -0.2) is 0 Å². The maximum Gasteiger partial charge on any atom is 0.235 e. The number of aromatic nitrogens is 2. The lowest BCUT2D eigenvalue weighted by atomic mass is 10.1. The van der Waals surface area contributed by atoms with Crippen molar-refractivity contribution < 1.29 is 9.15 Å². The Morgan fingerprint density at radius 3 is 2.74 bits per heavy atom. The Hall–Kier alpha value is -1.92. The summed E-state index contributed by atoms with van der Waals surface area (Å²) >= 11 is 0. The molecule has 0 spiro atoms. The van der Waals surface area contributed by atoms with Gasteiger partial charge in [0.05, 0.1) is 13.2 Å². The van der Waals surface area contributed by atoms with Gasteiger partial charge in [-0.2, -0.15) is 0 Å². The van der Waals surface area contributed by atoms with Gasteiger partial charge in [0.1, 0.15) is 6.04 Å². The molecule has 0 N–H and O–H groups in total. The van der Waals surface area contributed by atoms with Crippen LogP contribution in [0, 0.1) is 13.8 Å². The fraction of sp³-hybridized carbons (Fsp3) is 0.529. The third-order valence-corrected chi connectivity index (χ3v) is 4.19. The Kier molecular flexibility index (Phi) is 4.63. The normalized spacial score (nSPS) is 19.0. The lowest BCUT2D eigenvalue weighted by Gasteiger charge is -2.33. The monoisotopic (exact) mass is 316 g/mol. The average Bonchev–Trinajstić information content (AvgIpc) is 2.94. The summed E-state index contributed by atoms with van der Waals surface area (Å²) in [6, 6.07) is 6.64. The fourth-order valence-corrected chi connectivity index (χ4v) is 3.05. The number of hydrogen-bond donors (Lipinski definition) is 0. The maximum absolute atomic E-state index is 5.61. The molecule has 0 amide bonds. The third-order valence-electron chi connectivity index (χ3n) is 4.19. The van der Waals surface area contributed by atoms with Gasteiger partial charge < -0.3 is 14.1 Å². The van der Waals surface area contributed by atoms with Crippen LogP contribution in [0.1, 0.15) is 29.0 Å². The van der Waals surface area contributed by atoms with E-state index in [-0.39, 0.29) is 6.04 Å². The van der Waals surface area contributed by atoms with Crippen molar-refractivity contribution in [2.24, 2.45) is 0 Å². The minimum absolute atomic E-state index is 0.0266. The van der Waals surface area contributed by atoms with Crippen LogP contribution in [0.25, 0.3) is 0 Å². The Balaban J connectivity index is 1.78. The van der Waals surface area contributed by atoms with Crippen LogP contribution < -0.4 is 4.90 Å². The molecule has 3 rings (SSSR count). The van der Waals surface area contributed by atoms with Gasteiger partial charge in [0.15, 0.2) is 0 Å². The standard InChI is InChI=1S/C17H24N4O2/c1-12-9-14(5-6-15(12)20(3)4)10-21-7-8-22-11-16(21)17-19-18-13(2)23-17/h5-6,9,16H,7-8,10-11H2,1-4H3/t16-/m1/s1. The van der Waals surface area contributed by atoms with E-state index in [0.717, 1.165) is 19.7 Å². The number of rotatable bonds is 4.